The molecule has 2 unspecified atom stereocenters. The number of nitrogens with two attached hydrogens (primary N) is 1. The summed E-state index contributed by atoms with van der Waals surface area (Å²) in [6, 6.07) is 27.1. The van der Waals surface area contributed by atoms with E-state index in [0.717, 1.165) is 82.6 Å². The molecule has 4 aromatic rings. The molecular weight excluding hydrogens is 675 g/mol. The smallest absolute Gasteiger partial charge is 0.164 e. The van der Waals surface area contributed by atoms with Crippen LogP contribution in [-0.4, -0.2) is 45.9 Å². The fraction of sp³-hybridized carbons (Fsp3) is 0.188. The Morgan fingerprint density at radius 3 is 2.27 bits per heavy atom. The molecule has 55 heavy (non-hydrogen) atoms. The van der Waals surface area contributed by atoms with Crippen molar-refractivity contribution < 1.29 is 0 Å². The van der Waals surface area contributed by atoms with E-state index in [0.29, 0.717) is 23.4 Å². The van der Waals surface area contributed by atoms with Gasteiger partial charge in [-0.25, -0.2) is 15.0 Å². The molecule has 0 fully saturated rings. The second kappa shape index (κ2) is 16.3. The summed E-state index contributed by atoms with van der Waals surface area (Å²) in [6.45, 7) is 3.03. The molecule has 2 N–H and O–H groups in total. The molecule has 0 spiro atoms. The Bertz CT molecular complexity index is 2370. The van der Waals surface area contributed by atoms with E-state index in [1.165, 1.54) is 11.3 Å². The summed E-state index contributed by atoms with van der Waals surface area (Å²) in [5.41, 5.74) is 17.8. The standard InChI is InChI=1S/C48H45N7/c1-3-4-15-42(49)40-25-27-43(50-31-40)34-17-21-36(22-18-34)46-52-47(54-48(53-46)39-14-10-13-38(30-39)33-11-6-5-7-12-33)37-23-19-35(20-24-37)44-28-26-41(32-51-44)45-16-8-9-29-55(45)2/h4-19,21-23,25,27-28,30-32,41,43H,3,20,24,26,29,49H2,1-2H3/b15-4-,42-40?. The normalized spacial score (nSPS) is 20.3. The van der Waals surface area contributed by atoms with Gasteiger partial charge in [-0.2, -0.15) is 0 Å². The Morgan fingerprint density at radius 2 is 1.56 bits per heavy atom. The van der Waals surface area contributed by atoms with Gasteiger partial charge in [-0.3, -0.25) is 9.98 Å². The molecule has 4 aliphatic rings. The quantitative estimate of drug-likeness (QED) is 0.186. The third kappa shape index (κ3) is 8.06. The minimum Gasteiger partial charge on any atom is -0.398 e. The summed E-state index contributed by atoms with van der Waals surface area (Å²) < 4.78 is 0. The Kier molecular flexibility index (Phi) is 10.5. The lowest BCUT2D eigenvalue weighted by Crippen LogP contribution is -2.26. The number of aromatic nitrogens is 3. The summed E-state index contributed by atoms with van der Waals surface area (Å²) in [4.78, 5) is 27.3. The van der Waals surface area contributed by atoms with E-state index >= 15 is 0 Å². The van der Waals surface area contributed by atoms with Crippen LogP contribution >= 0.6 is 0 Å². The van der Waals surface area contributed by atoms with Gasteiger partial charge in [0.05, 0.1) is 11.7 Å². The van der Waals surface area contributed by atoms with Gasteiger partial charge >= 0.3 is 0 Å². The fourth-order valence-electron chi connectivity index (χ4n) is 7.23. The Labute approximate surface area is 323 Å². The minimum atomic E-state index is -0.0864. The number of benzene rings is 3. The zero-order valence-electron chi connectivity index (χ0n) is 31.4. The Balaban J connectivity index is 1.09. The van der Waals surface area contributed by atoms with Crippen LogP contribution in [0.25, 0.3) is 39.5 Å². The van der Waals surface area contributed by atoms with Gasteiger partial charge in [-0.05, 0) is 71.7 Å². The SMILES string of the molecule is CC/C=C\C(N)=C1C=CC(c2ccc(-c3nc(C4=CC=C(C5=CCC(C6=CC=CCN6C)C=N5)CC4)nc(-c4cccc(-c5ccccc5)c4)n3)cc2)N=C1. The van der Waals surface area contributed by atoms with Crippen LogP contribution in [-0.2, 0) is 0 Å². The van der Waals surface area contributed by atoms with Gasteiger partial charge < -0.3 is 10.6 Å². The number of nitrogens with zero attached hydrogens (tertiary/aromatic N) is 6. The van der Waals surface area contributed by atoms with Gasteiger partial charge in [0.2, 0.25) is 0 Å². The maximum Gasteiger partial charge on any atom is 0.164 e. The van der Waals surface area contributed by atoms with Crippen molar-refractivity contribution in [1.82, 2.24) is 19.9 Å². The molecule has 0 saturated carbocycles. The number of dihydropyridines is 1. The molecule has 0 saturated heterocycles. The number of aliphatic imine (C=N–C) groups is 2. The van der Waals surface area contributed by atoms with Crippen molar-refractivity contribution in [2.75, 3.05) is 13.6 Å². The second-order valence-corrected chi connectivity index (χ2v) is 14.2. The lowest BCUT2D eigenvalue weighted by molar-refractivity contribution is 0.419. The molecule has 0 bridgehead atoms. The van der Waals surface area contributed by atoms with Crippen LogP contribution in [0.2, 0.25) is 0 Å². The minimum absolute atomic E-state index is 0.0864. The molecule has 7 nitrogen and oxygen atoms in total. The van der Waals surface area contributed by atoms with E-state index < -0.39 is 0 Å². The number of allylic oxidation sites excluding steroid dienone is 12. The van der Waals surface area contributed by atoms with Crippen molar-refractivity contribution in [1.29, 1.82) is 0 Å². The van der Waals surface area contributed by atoms with Crippen molar-refractivity contribution in [2.24, 2.45) is 21.6 Å². The molecule has 0 amide bonds. The molecule has 4 heterocycles. The topological polar surface area (TPSA) is 92.7 Å². The maximum atomic E-state index is 6.25. The van der Waals surface area contributed by atoms with Crippen molar-refractivity contribution in [3.05, 3.63) is 179 Å². The summed E-state index contributed by atoms with van der Waals surface area (Å²) in [5, 5.41) is 0. The van der Waals surface area contributed by atoms with Crippen molar-refractivity contribution >= 4 is 18.0 Å². The molecule has 1 aromatic heterocycles. The van der Waals surface area contributed by atoms with Crippen molar-refractivity contribution in [3.63, 3.8) is 0 Å². The zero-order chi connectivity index (χ0) is 37.6. The molecule has 0 radical (unpaired) electrons. The molecule has 3 aromatic carbocycles. The predicted octanol–water partition coefficient (Wildman–Crippen LogP) is 10.2. The van der Waals surface area contributed by atoms with Gasteiger partial charge in [0.25, 0.3) is 0 Å². The second-order valence-electron chi connectivity index (χ2n) is 14.2. The van der Waals surface area contributed by atoms with E-state index in [4.69, 9.17) is 30.7 Å². The van der Waals surface area contributed by atoms with Gasteiger partial charge in [0, 0.05) is 60.0 Å². The lowest BCUT2D eigenvalue weighted by atomic mass is 9.91. The molecule has 8 rings (SSSR count). The van der Waals surface area contributed by atoms with Crippen LogP contribution in [0.1, 0.15) is 50.0 Å². The summed E-state index contributed by atoms with van der Waals surface area (Å²) in [7, 11) is 2.15. The van der Waals surface area contributed by atoms with Gasteiger partial charge in [0.1, 0.15) is 0 Å². The summed E-state index contributed by atoms with van der Waals surface area (Å²) in [6.07, 6.45) is 28.9. The highest BCUT2D eigenvalue weighted by molar-refractivity contribution is 5.85. The van der Waals surface area contributed by atoms with Crippen LogP contribution in [0.5, 0.6) is 0 Å². The number of likely N-dealkylation sites (N-methyl/N-ethyl adjacent to an activating group) is 1. The average molecular weight is 720 g/mol. The highest BCUT2D eigenvalue weighted by atomic mass is 15.1. The first kappa shape index (κ1) is 35.6. The first-order valence-corrected chi connectivity index (χ1v) is 19.1. The zero-order valence-corrected chi connectivity index (χ0v) is 31.4. The van der Waals surface area contributed by atoms with Crippen LogP contribution in [0.4, 0.5) is 0 Å². The van der Waals surface area contributed by atoms with Crippen LogP contribution in [0, 0.1) is 5.92 Å². The predicted molar refractivity (Wildman–Crippen MR) is 227 cm³/mol. The van der Waals surface area contributed by atoms with Crippen LogP contribution in [0.15, 0.2) is 178 Å². The van der Waals surface area contributed by atoms with Gasteiger partial charge in [-0.1, -0.05) is 128 Å². The number of hydrogen-bond acceptors (Lipinski definition) is 7. The monoisotopic (exact) mass is 719 g/mol. The molecule has 2 atom stereocenters. The first-order chi connectivity index (χ1) is 27.0. The van der Waals surface area contributed by atoms with E-state index in [9.17, 15) is 0 Å². The fourth-order valence-corrected chi connectivity index (χ4v) is 7.23. The van der Waals surface area contributed by atoms with Gasteiger partial charge in [0.15, 0.2) is 17.5 Å². The largest absolute Gasteiger partial charge is 0.398 e. The third-order valence-corrected chi connectivity index (χ3v) is 10.4. The highest BCUT2D eigenvalue weighted by Crippen LogP contribution is 2.34. The third-order valence-electron chi connectivity index (χ3n) is 10.4. The molecule has 3 aliphatic heterocycles. The average Bonchev–Trinajstić information content (AvgIpc) is 3.26. The van der Waals surface area contributed by atoms with Crippen LogP contribution in [0.3, 0.4) is 0 Å². The molecule has 1 aliphatic carbocycles. The van der Waals surface area contributed by atoms with E-state index in [2.05, 4.69) is 146 Å². The Morgan fingerprint density at radius 1 is 0.818 bits per heavy atom. The Hall–Kier alpha value is -6.47. The highest BCUT2D eigenvalue weighted by Gasteiger charge is 2.22. The van der Waals surface area contributed by atoms with E-state index in [-0.39, 0.29) is 6.04 Å². The lowest BCUT2D eigenvalue weighted by Gasteiger charge is -2.29. The van der Waals surface area contributed by atoms with Crippen LogP contribution < -0.4 is 5.73 Å². The first-order valence-electron chi connectivity index (χ1n) is 19.1. The summed E-state index contributed by atoms with van der Waals surface area (Å²) >= 11 is 0. The maximum absolute atomic E-state index is 6.25. The summed E-state index contributed by atoms with van der Waals surface area (Å²) in [5.74, 6) is 2.28. The molecule has 272 valence electrons. The molecular formula is C48H45N7. The van der Waals surface area contributed by atoms with E-state index in [1.54, 1.807) is 0 Å². The number of rotatable bonds is 9. The number of hydrogen-bond donors (Lipinski definition) is 1. The molecule has 7 heteroatoms. The van der Waals surface area contributed by atoms with Crippen molar-refractivity contribution in [2.45, 2.75) is 38.6 Å². The van der Waals surface area contributed by atoms with Crippen molar-refractivity contribution in [3.8, 4) is 33.9 Å². The van der Waals surface area contributed by atoms with E-state index in [1.807, 2.05) is 24.4 Å². The van der Waals surface area contributed by atoms with Gasteiger partial charge in [-0.15, -0.1) is 0 Å².